The van der Waals surface area contributed by atoms with Gasteiger partial charge in [-0.25, -0.2) is 0 Å². The lowest BCUT2D eigenvalue weighted by molar-refractivity contribution is -0.144. The second kappa shape index (κ2) is 10.9. The van der Waals surface area contributed by atoms with Crippen LogP contribution in [0.3, 0.4) is 0 Å². The lowest BCUT2D eigenvalue weighted by atomic mass is 9.93. The van der Waals surface area contributed by atoms with Gasteiger partial charge in [-0.05, 0) is 62.4 Å². The Hall–Kier alpha value is -1.79. The first-order chi connectivity index (χ1) is 15.5. The number of piperidine rings is 2. The minimum Gasteiger partial charge on any atom is -0.489 e. The summed E-state index contributed by atoms with van der Waals surface area (Å²) in [5.41, 5.74) is 0.861. The Labute approximate surface area is 199 Å². The van der Waals surface area contributed by atoms with E-state index in [-0.39, 0.29) is 6.10 Å². The Morgan fingerprint density at radius 2 is 1.69 bits per heavy atom. The quantitative estimate of drug-likeness (QED) is 0.581. The van der Waals surface area contributed by atoms with E-state index in [0.29, 0.717) is 21.7 Å². The van der Waals surface area contributed by atoms with E-state index in [1.807, 2.05) is 30.3 Å². The van der Waals surface area contributed by atoms with Gasteiger partial charge in [0.2, 0.25) is 0 Å². The SMILES string of the molecule is O=C(O)C(c1ccccc1)N1CCC(CN2CCC(Oc3cc(Cl)ccc3Cl)CC2)CC1. The van der Waals surface area contributed by atoms with Crippen LogP contribution >= 0.6 is 23.2 Å². The van der Waals surface area contributed by atoms with Crippen LogP contribution in [-0.2, 0) is 4.79 Å². The van der Waals surface area contributed by atoms with Gasteiger partial charge < -0.3 is 14.7 Å². The average molecular weight is 477 g/mol. The number of carbonyl (C=O) groups is 1. The molecule has 2 heterocycles. The highest BCUT2D eigenvalue weighted by Gasteiger charge is 2.32. The van der Waals surface area contributed by atoms with E-state index < -0.39 is 12.0 Å². The van der Waals surface area contributed by atoms with Crippen molar-refractivity contribution in [2.45, 2.75) is 37.8 Å². The van der Waals surface area contributed by atoms with Gasteiger partial charge in [0.05, 0.1) is 5.02 Å². The van der Waals surface area contributed by atoms with Gasteiger partial charge >= 0.3 is 5.97 Å². The second-order valence-electron chi connectivity index (χ2n) is 8.82. The summed E-state index contributed by atoms with van der Waals surface area (Å²) in [7, 11) is 0. The van der Waals surface area contributed by atoms with Crippen LogP contribution in [0.2, 0.25) is 10.0 Å². The van der Waals surface area contributed by atoms with E-state index in [1.54, 1.807) is 18.2 Å². The van der Waals surface area contributed by atoms with Crippen LogP contribution in [-0.4, -0.2) is 59.7 Å². The van der Waals surface area contributed by atoms with Gasteiger partial charge in [0, 0.05) is 30.7 Å². The summed E-state index contributed by atoms with van der Waals surface area (Å²) < 4.78 is 6.10. The highest BCUT2D eigenvalue weighted by Crippen LogP contribution is 2.31. The van der Waals surface area contributed by atoms with Crippen molar-refractivity contribution in [1.82, 2.24) is 9.80 Å². The van der Waals surface area contributed by atoms with Gasteiger partial charge in [-0.3, -0.25) is 9.69 Å². The molecule has 0 aromatic heterocycles. The standard InChI is InChI=1S/C25H30Cl2N2O3/c26-20-6-7-22(27)23(16-20)32-21-10-12-28(13-11-21)17-18-8-14-29(15-9-18)24(25(30)31)19-4-2-1-3-5-19/h1-7,16,18,21,24H,8-15,17H2,(H,30,31). The predicted octanol–water partition coefficient (Wildman–Crippen LogP) is 5.37. The van der Waals surface area contributed by atoms with Gasteiger partial charge in [0.15, 0.2) is 0 Å². The largest absolute Gasteiger partial charge is 0.489 e. The number of rotatable bonds is 7. The highest BCUT2D eigenvalue weighted by molar-refractivity contribution is 6.34. The summed E-state index contributed by atoms with van der Waals surface area (Å²) in [5, 5.41) is 11.0. The zero-order valence-electron chi connectivity index (χ0n) is 18.1. The Bertz CT molecular complexity index is 895. The van der Waals surface area contributed by atoms with Gasteiger partial charge in [-0.15, -0.1) is 0 Å². The molecule has 1 unspecified atom stereocenters. The number of carboxylic acids is 1. The van der Waals surface area contributed by atoms with Gasteiger partial charge in [-0.2, -0.15) is 0 Å². The maximum Gasteiger partial charge on any atom is 0.325 e. The third-order valence-electron chi connectivity index (χ3n) is 6.60. The number of hydrogen-bond acceptors (Lipinski definition) is 4. The highest BCUT2D eigenvalue weighted by atomic mass is 35.5. The molecular weight excluding hydrogens is 447 g/mol. The normalized spacial score (nSPS) is 20.2. The number of aliphatic carboxylic acids is 1. The molecule has 2 saturated heterocycles. The van der Waals surface area contributed by atoms with Crippen LogP contribution in [0.25, 0.3) is 0 Å². The van der Waals surface area contributed by atoms with Crippen LogP contribution in [0.4, 0.5) is 0 Å². The zero-order chi connectivity index (χ0) is 22.5. The summed E-state index contributed by atoms with van der Waals surface area (Å²) >= 11 is 12.3. The minimum absolute atomic E-state index is 0.159. The Balaban J connectivity index is 1.23. The first kappa shape index (κ1) is 23.4. The number of nitrogens with zero attached hydrogens (tertiary/aromatic N) is 2. The van der Waals surface area contributed by atoms with Crippen molar-refractivity contribution in [3.63, 3.8) is 0 Å². The lowest BCUT2D eigenvalue weighted by Crippen LogP contribution is -2.45. The summed E-state index contributed by atoms with van der Waals surface area (Å²) in [6.07, 6.45) is 4.16. The molecule has 7 heteroatoms. The van der Waals surface area contributed by atoms with Crippen LogP contribution in [0.15, 0.2) is 48.5 Å². The molecule has 2 aromatic carbocycles. The van der Waals surface area contributed by atoms with Crippen molar-refractivity contribution in [3.8, 4) is 5.75 Å². The number of hydrogen-bond donors (Lipinski definition) is 1. The number of carboxylic acid groups (broad SMARTS) is 1. The summed E-state index contributed by atoms with van der Waals surface area (Å²) in [6.45, 7) is 4.73. The number of halogens is 2. The maximum atomic E-state index is 11.9. The van der Waals surface area contributed by atoms with Crippen molar-refractivity contribution >= 4 is 29.2 Å². The second-order valence-corrected chi connectivity index (χ2v) is 9.67. The molecule has 0 radical (unpaired) electrons. The van der Waals surface area contributed by atoms with Crippen molar-refractivity contribution in [2.24, 2.45) is 5.92 Å². The molecule has 5 nitrogen and oxygen atoms in total. The van der Waals surface area contributed by atoms with Crippen molar-refractivity contribution in [1.29, 1.82) is 0 Å². The van der Waals surface area contributed by atoms with E-state index in [2.05, 4.69) is 9.80 Å². The number of benzene rings is 2. The maximum absolute atomic E-state index is 11.9. The van der Waals surface area contributed by atoms with Crippen LogP contribution in [0, 0.1) is 5.92 Å². The first-order valence-corrected chi connectivity index (χ1v) is 12.1. The molecule has 2 aromatic rings. The number of ether oxygens (including phenoxy) is 1. The smallest absolute Gasteiger partial charge is 0.325 e. The molecule has 1 atom stereocenters. The molecule has 0 bridgehead atoms. The molecular formula is C25H30Cl2N2O3. The summed E-state index contributed by atoms with van der Waals surface area (Å²) in [4.78, 5) is 16.6. The lowest BCUT2D eigenvalue weighted by Gasteiger charge is -2.39. The predicted molar refractivity (Wildman–Crippen MR) is 128 cm³/mol. The summed E-state index contributed by atoms with van der Waals surface area (Å²) in [6, 6.07) is 14.3. The molecule has 0 aliphatic carbocycles. The topological polar surface area (TPSA) is 53.0 Å². The molecule has 0 spiro atoms. The van der Waals surface area contributed by atoms with E-state index in [4.69, 9.17) is 27.9 Å². The van der Waals surface area contributed by atoms with Crippen LogP contribution in [0.5, 0.6) is 5.75 Å². The molecule has 2 aliphatic heterocycles. The van der Waals surface area contributed by atoms with Crippen molar-refractivity contribution in [2.75, 3.05) is 32.7 Å². The Kier molecular flexibility index (Phi) is 7.95. The fourth-order valence-corrected chi connectivity index (χ4v) is 5.18. The van der Waals surface area contributed by atoms with Gasteiger partial charge in [0.1, 0.15) is 17.9 Å². The molecule has 172 valence electrons. The van der Waals surface area contributed by atoms with Crippen molar-refractivity contribution < 1.29 is 14.6 Å². The molecule has 2 fully saturated rings. The fraction of sp³-hybridized carbons (Fsp3) is 0.480. The van der Waals surface area contributed by atoms with Gasteiger partial charge in [-0.1, -0.05) is 53.5 Å². The first-order valence-electron chi connectivity index (χ1n) is 11.4. The Morgan fingerprint density at radius 3 is 2.34 bits per heavy atom. The molecule has 1 N–H and O–H groups in total. The molecule has 0 saturated carbocycles. The molecule has 0 amide bonds. The van der Waals surface area contributed by atoms with Gasteiger partial charge in [0.25, 0.3) is 0 Å². The van der Waals surface area contributed by atoms with E-state index >= 15 is 0 Å². The Morgan fingerprint density at radius 1 is 1.00 bits per heavy atom. The van der Waals surface area contributed by atoms with E-state index in [0.717, 1.165) is 64.0 Å². The van der Waals surface area contributed by atoms with Crippen LogP contribution < -0.4 is 4.74 Å². The monoisotopic (exact) mass is 476 g/mol. The fourth-order valence-electron chi connectivity index (χ4n) is 4.86. The summed E-state index contributed by atoms with van der Waals surface area (Å²) in [5.74, 6) is 0.504. The molecule has 32 heavy (non-hydrogen) atoms. The van der Waals surface area contributed by atoms with E-state index in [9.17, 15) is 9.90 Å². The minimum atomic E-state index is -0.767. The molecule has 4 rings (SSSR count). The zero-order valence-corrected chi connectivity index (χ0v) is 19.6. The third kappa shape index (κ3) is 5.96. The van der Waals surface area contributed by atoms with Crippen LogP contribution in [0.1, 0.15) is 37.3 Å². The van der Waals surface area contributed by atoms with E-state index in [1.165, 1.54) is 0 Å². The third-order valence-corrected chi connectivity index (χ3v) is 7.15. The molecule has 2 aliphatic rings. The van der Waals surface area contributed by atoms with Crippen molar-refractivity contribution in [3.05, 3.63) is 64.1 Å². The average Bonchev–Trinajstić information content (AvgIpc) is 2.79. The number of likely N-dealkylation sites (tertiary alicyclic amines) is 2.